The molecule has 0 amide bonds. The van der Waals surface area contributed by atoms with Gasteiger partial charge < -0.3 is 5.32 Å². The predicted octanol–water partition coefficient (Wildman–Crippen LogP) is 3.27. The van der Waals surface area contributed by atoms with Gasteiger partial charge in [-0.1, -0.05) is 29.8 Å². The maximum Gasteiger partial charge on any atom is 0.0535 e. The van der Waals surface area contributed by atoms with Crippen LogP contribution in [0.3, 0.4) is 0 Å². The average Bonchev–Trinajstić information content (AvgIpc) is 3.16. The third kappa shape index (κ3) is 2.87. The lowest BCUT2D eigenvalue weighted by Gasteiger charge is -2.19. The zero-order valence-corrected chi connectivity index (χ0v) is 11.6. The molecule has 1 aliphatic carbocycles. The van der Waals surface area contributed by atoms with Gasteiger partial charge in [-0.25, -0.2) is 0 Å². The summed E-state index contributed by atoms with van der Waals surface area (Å²) >= 11 is 0. The van der Waals surface area contributed by atoms with Gasteiger partial charge in [0.2, 0.25) is 0 Å². The first kappa shape index (κ1) is 12.4. The van der Waals surface area contributed by atoms with E-state index in [2.05, 4.69) is 53.6 Å². The first-order valence-electron chi connectivity index (χ1n) is 7.03. The fourth-order valence-corrected chi connectivity index (χ4v) is 2.53. The summed E-state index contributed by atoms with van der Waals surface area (Å²) in [4.78, 5) is 0. The van der Waals surface area contributed by atoms with Crippen LogP contribution >= 0.6 is 0 Å². The number of H-pyrrole nitrogens is 1. The molecule has 1 heterocycles. The molecule has 1 aliphatic rings. The van der Waals surface area contributed by atoms with Crippen molar-refractivity contribution in [1.29, 1.82) is 0 Å². The molecule has 0 saturated heterocycles. The highest BCUT2D eigenvalue weighted by Gasteiger charge is 2.31. The van der Waals surface area contributed by atoms with E-state index in [0.29, 0.717) is 6.04 Å². The van der Waals surface area contributed by atoms with Crippen molar-refractivity contribution in [3.05, 3.63) is 52.8 Å². The van der Waals surface area contributed by atoms with E-state index >= 15 is 0 Å². The molecule has 0 unspecified atom stereocenters. The number of benzene rings is 1. The van der Waals surface area contributed by atoms with Crippen molar-refractivity contribution in [3.8, 4) is 0 Å². The molecule has 0 aliphatic heterocycles. The van der Waals surface area contributed by atoms with Crippen LogP contribution in [0.2, 0.25) is 0 Å². The highest BCUT2D eigenvalue weighted by molar-refractivity contribution is 5.26. The summed E-state index contributed by atoms with van der Waals surface area (Å²) in [5.74, 6) is 0.801. The number of aromatic amines is 1. The first-order chi connectivity index (χ1) is 9.24. The van der Waals surface area contributed by atoms with Gasteiger partial charge in [0, 0.05) is 23.8 Å². The van der Waals surface area contributed by atoms with Crippen LogP contribution in [0.1, 0.15) is 41.3 Å². The van der Waals surface area contributed by atoms with E-state index in [1.165, 1.54) is 29.5 Å². The Morgan fingerprint density at radius 2 is 2.00 bits per heavy atom. The van der Waals surface area contributed by atoms with E-state index in [0.717, 1.165) is 18.2 Å². The van der Waals surface area contributed by atoms with Crippen LogP contribution in [-0.4, -0.2) is 10.2 Å². The number of nitrogens with zero attached hydrogens (tertiary/aromatic N) is 1. The molecule has 19 heavy (non-hydrogen) atoms. The Balaban J connectivity index is 1.71. The van der Waals surface area contributed by atoms with Gasteiger partial charge in [-0.2, -0.15) is 5.10 Å². The largest absolute Gasteiger partial charge is 0.305 e. The van der Waals surface area contributed by atoms with Crippen LogP contribution in [0, 0.1) is 19.8 Å². The molecule has 3 nitrogen and oxygen atoms in total. The minimum Gasteiger partial charge on any atom is -0.305 e. The third-order valence-corrected chi connectivity index (χ3v) is 3.98. The van der Waals surface area contributed by atoms with Crippen molar-refractivity contribution in [2.45, 2.75) is 39.3 Å². The molecule has 1 saturated carbocycles. The summed E-state index contributed by atoms with van der Waals surface area (Å²) in [6.07, 6.45) is 4.60. The number of aryl methyl sites for hydroxylation is 2. The van der Waals surface area contributed by atoms with Gasteiger partial charge in [-0.3, -0.25) is 5.10 Å². The minimum atomic E-state index is 0.481. The van der Waals surface area contributed by atoms with E-state index < -0.39 is 0 Å². The fourth-order valence-electron chi connectivity index (χ4n) is 2.53. The van der Waals surface area contributed by atoms with Gasteiger partial charge in [0.1, 0.15) is 0 Å². The van der Waals surface area contributed by atoms with Crippen LogP contribution in [-0.2, 0) is 6.54 Å². The Morgan fingerprint density at radius 1 is 1.26 bits per heavy atom. The van der Waals surface area contributed by atoms with Crippen molar-refractivity contribution >= 4 is 0 Å². The Bertz CT molecular complexity index is 537. The molecule has 1 fully saturated rings. The van der Waals surface area contributed by atoms with Crippen molar-refractivity contribution in [3.63, 3.8) is 0 Å². The van der Waals surface area contributed by atoms with E-state index in [4.69, 9.17) is 0 Å². The summed E-state index contributed by atoms with van der Waals surface area (Å²) in [5, 5.41) is 10.8. The molecule has 0 radical (unpaired) electrons. The van der Waals surface area contributed by atoms with Crippen LogP contribution in [0.25, 0.3) is 0 Å². The normalized spacial score (nSPS) is 16.5. The SMILES string of the molecule is Cc1ccc([C@@H](NCc2cn[nH]c2C)C2CC2)cc1. The summed E-state index contributed by atoms with van der Waals surface area (Å²) in [5.41, 5.74) is 5.15. The van der Waals surface area contributed by atoms with Crippen LogP contribution in [0.15, 0.2) is 30.5 Å². The van der Waals surface area contributed by atoms with Crippen molar-refractivity contribution in [2.24, 2.45) is 5.92 Å². The van der Waals surface area contributed by atoms with Crippen LogP contribution < -0.4 is 5.32 Å². The number of aromatic nitrogens is 2. The lowest BCUT2D eigenvalue weighted by Crippen LogP contribution is -2.22. The number of nitrogens with one attached hydrogen (secondary N) is 2. The molecule has 0 spiro atoms. The molecular weight excluding hydrogens is 234 g/mol. The summed E-state index contributed by atoms with van der Waals surface area (Å²) < 4.78 is 0. The molecule has 1 atom stereocenters. The smallest absolute Gasteiger partial charge is 0.0535 e. The summed E-state index contributed by atoms with van der Waals surface area (Å²) in [6.45, 7) is 5.09. The molecular formula is C16H21N3. The van der Waals surface area contributed by atoms with Crippen molar-refractivity contribution < 1.29 is 0 Å². The highest BCUT2D eigenvalue weighted by atomic mass is 15.1. The van der Waals surface area contributed by atoms with Crippen LogP contribution in [0.5, 0.6) is 0 Å². The van der Waals surface area contributed by atoms with Gasteiger partial charge in [0.25, 0.3) is 0 Å². The van der Waals surface area contributed by atoms with Crippen LogP contribution in [0.4, 0.5) is 0 Å². The Hall–Kier alpha value is -1.61. The van der Waals surface area contributed by atoms with Gasteiger partial charge in [-0.15, -0.1) is 0 Å². The second-order valence-corrected chi connectivity index (χ2v) is 5.63. The maximum atomic E-state index is 4.08. The number of hydrogen-bond donors (Lipinski definition) is 2. The molecule has 2 N–H and O–H groups in total. The Morgan fingerprint density at radius 3 is 2.58 bits per heavy atom. The minimum absolute atomic E-state index is 0.481. The Kier molecular flexibility index (Phi) is 3.38. The summed E-state index contributed by atoms with van der Waals surface area (Å²) in [7, 11) is 0. The van der Waals surface area contributed by atoms with Gasteiger partial charge >= 0.3 is 0 Å². The molecule has 1 aromatic carbocycles. The predicted molar refractivity (Wildman–Crippen MR) is 76.8 cm³/mol. The second-order valence-electron chi connectivity index (χ2n) is 5.63. The average molecular weight is 255 g/mol. The topological polar surface area (TPSA) is 40.7 Å². The molecule has 0 bridgehead atoms. The monoisotopic (exact) mass is 255 g/mol. The fraction of sp³-hybridized carbons (Fsp3) is 0.438. The molecule has 100 valence electrons. The number of rotatable bonds is 5. The molecule has 3 heteroatoms. The first-order valence-corrected chi connectivity index (χ1v) is 7.03. The lowest BCUT2D eigenvalue weighted by molar-refractivity contribution is 0.479. The van der Waals surface area contributed by atoms with E-state index in [1.807, 2.05) is 6.20 Å². The standard InChI is InChI=1S/C16H21N3/c1-11-3-5-13(6-4-11)16(14-7-8-14)17-9-15-10-18-19-12(15)2/h3-6,10,14,16-17H,7-9H2,1-2H3,(H,18,19)/t16-/m1/s1. The third-order valence-electron chi connectivity index (χ3n) is 3.98. The second kappa shape index (κ2) is 5.17. The van der Waals surface area contributed by atoms with Gasteiger partial charge in [0.15, 0.2) is 0 Å². The zero-order chi connectivity index (χ0) is 13.2. The molecule has 1 aromatic heterocycles. The molecule has 2 aromatic rings. The van der Waals surface area contributed by atoms with E-state index in [9.17, 15) is 0 Å². The maximum absolute atomic E-state index is 4.08. The van der Waals surface area contributed by atoms with E-state index in [-0.39, 0.29) is 0 Å². The quantitative estimate of drug-likeness (QED) is 0.861. The van der Waals surface area contributed by atoms with Gasteiger partial charge in [-0.05, 0) is 38.2 Å². The lowest BCUT2D eigenvalue weighted by atomic mass is 10.0. The Labute approximate surface area is 114 Å². The number of hydrogen-bond acceptors (Lipinski definition) is 2. The zero-order valence-electron chi connectivity index (χ0n) is 11.6. The molecule has 3 rings (SSSR count). The van der Waals surface area contributed by atoms with E-state index in [1.54, 1.807) is 0 Å². The van der Waals surface area contributed by atoms with Crippen molar-refractivity contribution in [2.75, 3.05) is 0 Å². The highest BCUT2D eigenvalue weighted by Crippen LogP contribution is 2.41. The summed E-state index contributed by atoms with van der Waals surface area (Å²) in [6, 6.07) is 9.40. The van der Waals surface area contributed by atoms with Crippen molar-refractivity contribution in [1.82, 2.24) is 15.5 Å². The van der Waals surface area contributed by atoms with Gasteiger partial charge in [0.05, 0.1) is 6.20 Å².